The first-order valence-corrected chi connectivity index (χ1v) is 17.3. The normalized spacial score (nSPS) is 20.6. The molecule has 0 saturated carbocycles. The van der Waals surface area contributed by atoms with Gasteiger partial charge in [-0.1, -0.05) is 6.92 Å². The van der Waals surface area contributed by atoms with Gasteiger partial charge in [-0.3, -0.25) is 9.52 Å². The number of aliphatic hydroxyl groups excluding tert-OH is 1. The van der Waals surface area contributed by atoms with E-state index in [-0.39, 0.29) is 59.5 Å². The minimum absolute atomic E-state index is 0.0225. The molecule has 0 fully saturated rings. The highest BCUT2D eigenvalue weighted by Gasteiger charge is 2.31. The summed E-state index contributed by atoms with van der Waals surface area (Å²) in [7, 11) is -0.777. The van der Waals surface area contributed by atoms with E-state index < -0.39 is 22.0 Å². The number of aliphatic hydroxyl groups is 1. The Kier molecular flexibility index (Phi) is 13.5. The molecule has 1 heterocycles. The predicted octanol–water partition coefficient (Wildman–Crippen LogP) is 4.34. The fourth-order valence-corrected chi connectivity index (χ4v) is 6.18. The number of anilines is 1. The Labute approximate surface area is 273 Å². The predicted molar refractivity (Wildman–Crippen MR) is 177 cm³/mol. The molecule has 256 valence electrons. The van der Waals surface area contributed by atoms with Crippen molar-refractivity contribution in [1.29, 1.82) is 0 Å². The molecule has 13 heteroatoms. The molecule has 3 rings (SSSR count). The number of amides is 3. The van der Waals surface area contributed by atoms with Gasteiger partial charge in [-0.2, -0.15) is 0 Å². The quantitative estimate of drug-likeness (QED) is 0.360. The van der Waals surface area contributed by atoms with Crippen LogP contribution in [0.4, 0.5) is 10.5 Å². The smallest absolute Gasteiger partial charge is 0.317 e. The third-order valence-electron chi connectivity index (χ3n) is 7.89. The van der Waals surface area contributed by atoms with Crippen LogP contribution in [0.25, 0.3) is 0 Å². The molecular weight excluding hydrogens is 612 g/mol. The van der Waals surface area contributed by atoms with Gasteiger partial charge in [0.15, 0.2) is 0 Å². The number of likely N-dealkylation sites (N-methyl/N-ethyl adjacent to an activating group) is 1. The van der Waals surface area contributed by atoms with E-state index >= 15 is 0 Å². The van der Waals surface area contributed by atoms with Crippen molar-refractivity contribution in [2.24, 2.45) is 5.92 Å². The largest absolute Gasteiger partial charge is 0.497 e. The number of rotatable bonds is 9. The molecule has 0 bridgehead atoms. The van der Waals surface area contributed by atoms with Crippen LogP contribution >= 0.6 is 0 Å². The maximum atomic E-state index is 14.3. The number of hydrogen-bond donors (Lipinski definition) is 3. The van der Waals surface area contributed by atoms with Crippen molar-refractivity contribution in [2.45, 2.75) is 83.1 Å². The monoisotopic (exact) mass is 662 g/mol. The fourth-order valence-electron chi connectivity index (χ4n) is 5.13. The van der Waals surface area contributed by atoms with Gasteiger partial charge in [0.05, 0.1) is 42.4 Å². The highest BCUT2D eigenvalue weighted by molar-refractivity contribution is 7.92. The number of sulfonamides is 1. The SMILES string of the molecule is COc1ccc(S(=O)(=O)Nc2ccc3c(c2)C(=O)N([C@@H](C)CO)C[C@@H](C)[C@H](CN(C)C(=O)NC(C)C)OCCCC[C@@H](C)O3)cc1. The van der Waals surface area contributed by atoms with Gasteiger partial charge in [0.1, 0.15) is 11.5 Å². The average molecular weight is 663 g/mol. The van der Waals surface area contributed by atoms with E-state index in [1.807, 2.05) is 27.7 Å². The van der Waals surface area contributed by atoms with E-state index in [9.17, 15) is 23.1 Å². The summed E-state index contributed by atoms with van der Waals surface area (Å²) in [6, 6.07) is 9.79. The molecule has 0 aromatic heterocycles. The van der Waals surface area contributed by atoms with Crippen molar-refractivity contribution >= 4 is 27.6 Å². The molecule has 2 aromatic rings. The van der Waals surface area contributed by atoms with E-state index in [1.165, 1.54) is 25.3 Å². The number of methoxy groups -OCH3 is 1. The number of nitrogens with zero attached hydrogens (tertiary/aromatic N) is 2. The first kappa shape index (κ1) is 36.9. The molecule has 0 aliphatic carbocycles. The molecule has 12 nitrogen and oxygen atoms in total. The van der Waals surface area contributed by atoms with Gasteiger partial charge in [0, 0.05) is 44.4 Å². The Morgan fingerprint density at radius 2 is 1.83 bits per heavy atom. The Balaban J connectivity index is 1.98. The van der Waals surface area contributed by atoms with E-state index in [2.05, 4.69) is 10.0 Å². The zero-order valence-electron chi connectivity index (χ0n) is 28.0. The minimum Gasteiger partial charge on any atom is -0.497 e. The lowest BCUT2D eigenvalue weighted by atomic mass is 10.0. The number of hydrogen-bond acceptors (Lipinski definition) is 8. The van der Waals surface area contributed by atoms with E-state index in [0.717, 1.165) is 12.8 Å². The summed E-state index contributed by atoms with van der Waals surface area (Å²) < 4.78 is 46.7. The third-order valence-corrected chi connectivity index (χ3v) is 9.28. The molecule has 2 aromatic carbocycles. The van der Waals surface area contributed by atoms with Crippen molar-refractivity contribution in [1.82, 2.24) is 15.1 Å². The number of benzene rings is 2. The Hall–Kier alpha value is -3.55. The molecular formula is C33H50N4O8S. The van der Waals surface area contributed by atoms with Crippen molar-refractivity contribution in [3.8, 4) is 11.5 Å². The molecule has 0 unspecified atom stereocenters. The van der Waals surface area contributed by atoms with Crippen LogP contribution in [-0.2, 0) is 14.8 Å². The summed E-state index contributed by atoms with van der Waals surface area (Å²) >= 11 is 0. The fraction of sp³-hybridized carbons (Fsp3) is 0.576. The van der Waals surface area contributed by atoms with Gasteiger partial charge in [-0.25, -0.2) is 13.2 Å². The lowest BCUT2D eigenvalue weighted by Crippen LogP contribution is -2.49. The summed E-state index contributed by atoms with van der Waals surface area (Å²) in [6.07, 6.45) is 1.69. The minimum atomic E-state index is -3.98. The highest BCUT2D eigenvalue weighted by atomic mass is 32.2. The van der Waals surface area contributed by atoms with Crippen LogP contribution in [0.1, 0.15) is 64.2 Å². The third kappa shape index (κ3) is 10.2. The summed E-state index contributed by atoms with van der Waals surface area (Å²) in [4.78, 5) is 30.2. The van der Waals surface area contributed by atoms with Crippen LogP contribution in [-0.4, -0.2) is 100 Å². The van der Waals surface area contributed by atoms with Crippen LogP contribution in [0.15, 0.2) is 47.4 Å². The van der Waals surface area contributed by atoms with Gasteiger partial charge >= 0.3 is 6.03 Å². The van der Waals surface area contributed by atoms with E-state index in [0.29, 0.717) is 31.1 Å². The second kappa shape index (κ2) is 16.8. The first-order chi connectivity index (χ1) is 21.7. The standard InChI is InChI=1S/C33H50N4O8S/c1-22(2)34-33(40)36(6)20-31-23(3)19-37(24(4)21-38)32(39)29-18-26(11-16-30(29)45-25(5)10-8-9-17-44-31)35-46(41,42)28-14-12-27(43-7)13-15-28/h11-16,18,22-25,31,35,38H,8-10,17,19-21H2,1-7H3,(H,34,40)/t23-,24+,25-,31+/m1/s1. The maximum Gasteiger partial charge on any atom is 0.317 e. The summed E-state index contributed by atoms with van der Waals surface area (Å²) in [5.41, 5.74) is 0.348. The van der Waals surface area contributed by atoms with Crippen molar-refractivity contribution in [2.75, 3.05) is 45.2 Å². The van der Waals surface area contributed by atoms with Crippen LogP contribution in [0.5, 0.6) is 11.5 Å². The van der Waals surface area contributed by atoms with Crippen molar-refractivity contribution in [3.63, 3.8) is 0 Å². The van der Waals surface area contributed by atoms with Crippen molar-refractivity contribution in [3.05, 3.63) is 48.0 Å². The number of ether oxygens (including phenoxy) is 3. The van der Waals surface area contributed by atoms with Gasteiger partial charge in [-0.15, -0.1) is 0 Å². The summed E-state index contributed by atoms with van der Waals surface area (Å²) in [6.45, 7) is 10.1. The Morgan fingerprint density at radius 1 is 1.13 bits per heavy atom. The van der Waals surface area contributed by atoms with Gasteiger partial charge in [0.25, 0.3) is 15.9 Å². The highest BCUT2D eigenvalue weighted by Crippen LogP contribution is 2.30. The lowest BCUT2D eigenvalue weighted by molar-refractivity contribution is -0.0122. The molecule has 0 radical (unpaired) electrons. The molecule has 3 N–H and O–H groups in total. The van der Waals surface area contributed by atoms with Crippen LogP contribution in [0, 0.1) is 5.92 Å². The van der Waals surface area contributed by atoms with Crippen LogP contribution in [0.3, 0.4) is 0 Å². The Morgan fingerprint density at radius 3 is 2.46 bits per heavy atom. The number of carbonyl (C=O) groups excluding carboxylic acids is 2. The first-order valence-electron chi connectivity index (χ1n) is 15.8. The second-order valence-electron chi connectivity index (χ2n) is 12.3. The average Bonchev–Trinajstić information content (AvgIpc) is 3.01. The van der Waals surface area contributed by atoms with Crippen LogP contribution < -0.4 is 19.5 Å². The topological polar surface area (TPSA) is 147 Å². The zero-order chi connectivity index (χ0) is 34.0. The lowest BCUT2D eigenvalue weighted by Gasteiger charge is -2.36. The van der Waals surface area contributed by atoms with Crippen LogP contribution in [0.2, 0.25) is 0 Å². The molecule has 1 aliphatic rings. The summed E-state index contributed by atoms with van der Waals surface area (Å²) in [5, 5.41) is 13.1. The molecule has 1 aliphatic heterocycles. The number of urea groups is 1. The summed E-state index contributed by atoms with van der Waals surface area (Å²) in [5.74, 6) is 0.188. The molecule has 0 spiro atoms. The Bertz CT molecular complexity index is 1400. The zero-order valence-corrected chi connectivity index (χ0v) is 28.8. The van der Waals surface area contributed by atoms with Gasteiger partial charge in [0.2, 0.25) is 0 Å². The molecule has 3 amide bonds. The number of fused-ring (bicyclic) bond motifs is 1. The van der Waals surface area contributed by atoms with Gasteiger partial charge in [-0.05, 0) is 89.4 Å². The van der Waals surface area contributed by atoms with Crippen molar-refractivity contribution < 1.29 is 37.3 Å². The van der Waals surface area contributed by atoms with E-state index in [1.54, 1.807) is 48.0 Å². The molecule has 4 atom stereocenters. The number of carbonyl (C=O) groups is 2. The second-order valence-corrected chi connectivity index (χ2v) is 14.0. The molecule has 46 heavy (non-hydrogen) atoms. The maximum absolute atomic E-state index is 14.3. The molecule has 0 saturated heterocycles. The van der Waals surface area contributed by atoms with E-state index in [4.69, 9.17) is 14.2 Å². The number of nitrogens with one attached hydrogen (secondary N) is 2. The van der Waals surface area contributed by atoms with Gasteiger partial charge < -0.3 is 34.4 Å².